The lowest BCUT2D eigenvalue weighted by molar-refractivity contribution is 0.0698. The minimum Gasteiger partial charge on any atom is -0.477 e. The highest BCUT2D eigenvalue weighted by atomic mass is 19.1. The Morgan fingerprint density at radius 3 is 2.90 bits per heavy atom. The molecule has 4 heterocycles. The Bertz CT molecular complexity index is 1190. The maximum atomic E-state index is 14.2. The summed E-state index contributed by atoms with van der Waals surface area (Å²) >= 11 is 0. The molecule has 0 radical (unpaired) electrons. The maximum absolute atomic E-state index is 14.2. The molecule has 3 aromatic heterocycles. The van der Waals surface area contributed by atoms with E-state index in [9.17, 15) is 14.3 Å². The van der Waals surface area contributed by atoms with Gasteiger partial charge in [-0.1, -0.05) is 20.4 Å². The average Bonchev–Trinajstić information content (AvgIpc) is 3.18. The molecule has 0 spiro atoms. The van der Waals surface area contributed by atoms with Crippen LogP contribution in [-0.4, -0.2) is 37.2 Å². The first kappa shape index (κ1) is 18.7. The molecule has 1 saturated carbocycles. The standard InChI is InChI=1S/C22H22FN5O2/c1-11(2)12(3)19-16(7-14(23)8-24-19)20-15-6-13(15)10-27(20)18-4-5-28-21(26-18)17(9-25-28)22(29)30/h4-5,7-9,11,13,15,20H,3,6,10H2,1-2H3,(H,29,30). The minimum atomic E-state index is -1.07. The summed E-state index contributed by atoms with van der Waals surface area (Å²) in [5, 5.41) is 13.5. The number of pyridine rings is 1. The Balaban J connectivity index is 1.61. The van der Waals surface area contributed by atoms with Gasteiger partial charge < -0.3 is 10.0 Å². The molecule has 30 heavy (non-hydrogen) atoms. The van der Waals surface area contributed by atoms with Crippen molar-refractivity contribution in [3.8, 4) is 0 Å². The lowest BCUT2D eigenvalue weighted by atomic mass is 9.92. The molecule has 2 fully saturated rings. The molecule has 3 unspecified atom stereocenters. The van der Waals surface area contributed by atoms with Crippen LogP contribution < -0.4 is 4.90 Å². The van der Waals surface area contributed by atoms with Gasteiger partial charge in [0, 0.05) is 18.3 Å². The van der Waals surface area contributed by atoms with Gasteiger partial charge in [-0.2, -0.15) is 5.10 Å². The lowest BCUT2D eigenvalue weighted by Gasteiger charge is -2.30. The van der Waals surface area contributed by atoms with E-state index in [4.69, 9.17) is 0 Å². The van der Waals surface area contributed by atoms with Crippen molar-refractivity contribution in [2.45, 2.75) is 26.3 Å². The van der Waals surface area contributed by atoms with Gasteiger partial charge in [-0.3, -0.25) is 4.98 Å². The van der Waals surface area contributed by atoms with Crippen LogP contribution in [0.1, 0.15) is 47.9 Å². The van der Waals surface area contributed by atoms with E-state index in [0.717, 1.165) is 29.8 Å². The Morgan fingerprint density at radius 1 is 1.37 bits per heavy atom. The number of fused-ring (bicyclic) bond motifs is 2. The van der Waals surface area contributed by atoms with E-state index in [-0.39, 0.29) is 23.3 Å². The van der Waals surface area contributed by atoms with E-state index in [1.165, 1.54) is 16.9 Å². The van der Waals surface area contributed by atoms with Crippen molar-refractivity contribution in [2.75, 3.05) is 11.4 Å². The molecule has 1 aliphatic heterocycles. The summed E-state index contributed by atoms with van der Waals surface area (Å²) in [6.45, 7) is 9.08. The quantitative estimate of drug-likeness (QED) is 0.692. The third-order valence-electron chi connectivity index (χ3n) is 6.23. The zero-order chi connectivity index (χ0) is 21.2. The van der Waals surface area contributed by atoms with E-state index >= 15 is 0 Å². The van der Waals surface area contributed by atoms with E-state index in [1.54, 1.807) is 12.3 Å². The fourth-order valence-electron chi connectivity index (χ4n) is 4.49. The highest BCUT2D eigenvalue weighted by molar-refractivity contribution is 5.94. The van der Waals surface area contributed by atoms with Crippen molar-refractivity contribution in [2.24, 2.45) is 17.8 Å². The fraction of sp³-hybridized carbons (Fsp3) is 0.364. The summed E-state index contributed by atoms with van der Waals surface area (Å²) in [6, 6.07) is 3.32. The monoisotopic (exact) mass is 407 g/mol. The number of halogens is 1. The first-order chi connectivity index (χ1) is 14.3. The third-order valence-corrected chi connectivity index (χ3v) is 6.23. The molecule has 1 aliphatic carbocycles. The number of carbonyl (C=O) groups is 1. The second-order valence-corrected chi connectivity index (χ2v) is 8.45. The number of rotatable bonds is 5. The molecule has 0 aromatic carbocycles. The molecule has 0 amide bonds. The van der Waals surface area contributed by atoms with Gasteiger partial charge in [0.1, 0.15) is 17.2 Å². The number of hydrogen-bond acceptors (Lipinski definition) is 5. The molecular weight excluding hydrogens is 385 g/mol. The topological polar surface area (TPSA) is 83.6 Å². The molecule has 7 nitrogen and oxygen atoms in total. The number of aromatic nitrogens is 4. The number of carboxylic acids is 1. The van der Waals surface area contributed by atoms with Crippen molar-refractivity contribution in [1.82, 2.24) is 19.6 Å². The molecule has 8 heteroatoms. The number of piperidine rings is 1. The second-order valence-electron chi connectivity index (χ2n) is 8.45. The number of anilines is 1. The number of allylic oxidation sites excluding steroid dienone is 1. The van der Waals surface area contributed by atoms with Crippen molar-refractivity contribution >= 4 is 23.0 Å². The Hall–Kier alpha value is -3.29. The van der Waals surface area contributed by atoms with Crippen LogP contribution in [0.2, 0.25) is 0 Å². The van der Waals surface area contributed by atoms with Crippen LogP contribution in [0.5, 0.6) is 0 Å². The van der Waals surface area contributed by atoms with Crippen LogP contribution in [0.3, 0.4) is 0 Å². The molecular formula is C22H22FN5O2. The van der Waals surface area contributed by atoms with Crippen molar-refractivity contribution in [3.05, 3.63) is 59.9 Å². The number of carboxylic acid groups (broad SMARTS) is 1. The van der Waals surface area contributed by atoms with E-state index in [1.807, 2.05) is 19.9 Å². The Labute approximate surface area is 172 Å². The van der Waals surface area contributed by atoms with Crippen LogP contribution in [0.15, 0.2) is 37.3 Å². The van der Waals surface area contributed by atoms with Gasteiger partial charge >= 0.3 is 5.97 Å². The molecule has 1 saturated heterocycles. The normalized spacial score (nSPS) is 22.5. The van der Waals surface area contributed by atoms with Gasteiger partial charge in [-0.25, -0.2) is 18.7 Å². The molecule has 5 rings (SSSR count). The van der Waals surface area contributed by atoms with Gasteiger partial charge in [0.15, 0.2) is 5.65 Å². The van der Waals surface area contributed by atoms with Crippen LogP contribution in [0, 0.1) is 23.6 Å². The van der Waals surface area contributed by atoms with Gasteiger partial charge in [-0.15, -0.1) is 0 Å². The predicted molar refractivity (Wildman–Crippen MR) is 110 cm³/mol. The first-order valence-electron chi connectivity index (χ1n) is 10.0. The highest BCUT2D eigenvalue weighted by Crippen LogP contribution is 2.58. The Morgan fingerprint density at radius 2 is 2.17 bits per heavy atom. The third kappa shape index (κ3) is 2.86. The molecule has 154 valence electrons. The van der Waals surface area contributed by atoms with Crippen LogP contribution in [0.25, 0.3) is 11.2 Å². The molecule has 1 N–H and O–H groups in total. The number of nitrogens with zero attached hydrogens (tertiary/aromatic N) is 5. The fourth-order valence-corrected chi connectivity index (χ4v) is 4.49. The number of aromatic carboxylic acids is 1. The first-order valence-corrected chi connectivity index (χ1v) is 10.0. The summed E-state index contributed by atoms with van der Waals surface area (Å²) in [5.74, 6) is 0.315. The molecule has 2 aliphatic rings. The minimum absolute atomic E-state index is 0.0547. The lowest BCUT2D eigenvalue weighted by Crippen LogP contribution is -2.28. The zero-order valence-electron chi connectivity index (χ0n) is 16.8. The maximum Gasteiger partial charge on any atom is 0.341 e. The summed E-state index contributed by atoms with van der Waals surface area (Å²) in [5.41, 5.74) is 2.79. The van der Waals surface area contributed by atoms with E-state index in [2.05, 4.69) is 26.5 Å². The summed E-state index contributed by atoms with van der Waals surface area (Å²) < 4.78 is 15.7. The second kappa shape index (κ2) is 6.62. The van der Waals surface area contributed by atoms with Crippen LogP contribution in [-0.2, 0) is 0 Å². The van der Waals surface area contributed by atoms with Gasteiger partial charge in [0.05, 0.1) is 24.1 Å². The van der Waals surface area contributed by atoms with Crippen molar-refractivity contribution in [3.63, 3.8) is 0 Å². The van der Waals surface area contributed by atoms with Gasteiger partial charge in [0.25, 0.3) is 0 Å². The SMILES string of the molecule is C=C(c1ncc(F)cc1C1C2CC2CN1c1ccn2ncc(C(=O)O)c2n1)C(C)C. The van der Waals surface area contributed by atoms with Gasteiger partial charge in [-0.05, 0) is 41.9 Å². The zero-order valence-corrected chi connectivity index (χ0v) is 16.8. The van der Waals surface area contributed by atoms with Crippen LogP contribution in [0.4, 0.5) is 10.2 Å². The molecule has 3 atom stereocenters. The summed E-state index contributed by atoms with van der Waals surface area (Å²) in [6.07, 6.45) is 5.34. The number of hydrogen-bond donors (Lipinski definition) is 1. The molecule has 0 bridgehead atoms. The predicted octanol–water partition coefficient (Wildman–Crippen LogP) is 3.83. The largest absolute Gasteiger partial charge is 0.477 e. The Kier molecular flexibility index (Phi) is 4.13. The highest BCUT2D eigenvalue weighted by Gasteiger charge is 2.54. The summed E-state index contributed by atoms with van der Waals surface area (Å²) in [7, 11) is 0. The van der Waals surface area contributed by atoms with Crippen molar-refractivity contribution in [1.29, 1.82) is 0 Å². The van der Waals surface area contributed by atoms with E-state index in [0.29, 0.717) is 23.3 Å². The smallest absolute Gasteiger partial charge is 0.341 e. The molecule has 3 aromatic rings. The van der Waals surface area contributed by atoms with Crippen LogP contribution >= 0.6 is 0 Å². The van der Waals surface area contributed by atoms with E-state index < -0.39 is 5.97 Å². The average molecular weight is 407 g/mol. The van der Waals surface area contributed by atoms with Crippen molar-refractivity contribution < 1.29 is 14.3 Å². The van der Waals surface area contributed by atoms with Gasteiger partial charge in [0.2, 0.25) is 0 Å². The summed E-state index contributed by atoms with van der Waals surface area (Å²) in [4.78, 5) is 22.7.